The summed E-state index contributed by atoms with van der Waals surface area (Å²) in [6.45, 7) is -0.180. The molecule has 1 N–H and O–H groups in total. The van der Waals surface area contributed by atoms with Crippen LogP contribution in [0.3, 0.4) is 0 Å². The van der Waals surface area contributed by atoms with Crippen LogP contribution in [0.5, 0.6) is 0 Å². The quantitative estimate of drug-likeness (QED) is 0.862. The highest BCUT2D eigenvalue weighted by Crippen LogP contribution is 2.31. The van der Waals surface area contributed by atoms with Gasteiger partial charge in [-0.3, -0.25) is 9.59 Å². The Bertz CT molecular complexity index is 397. The van der Waals surface area contributed by atoms with Crippen molar-refractivity contribution in [2.75, 3.05) is 18.8 Å². The van der Waals surface area contributed by atoms with Crippen molar-refractivity contribution in [2.24, 2.45) is 5.92 Å². The van der Waals surface area contributed by atoms with Gasteiger partial charge < -0.3 is 10.2 Å². The lowest BCUT2D eigenvalue weighted by Gasteiger charge is -2.37. The molecule has 1 aliphatic heterocycles. The van der Waals surface area contributed by atoms with Gasteiger partial charge in [0.25, 0.3) is 0 Å². The summed E-state index contributed by atoms with van der Waals surface area (Å²) in [5, 5.41) is 2.71. The monoisotopic (exact) mass is 324 g/mol. The Balaban J connectivity index is 1.92. The van der Waals surface area contributed by atoms with Gasteiger partial charge in [0, 0.05) is 12.3 Å². The molecule has 1 saturated heterocycles. The van der Waals surface area contributed by atoms with Crippen molar-refractivity contribution in [1.29, 1.82) is 0 Å². The van der Waals surface area contributed by atoms with Gasteiger partial charge in [-0.25, -0.2) is 0 Å². The lowest BCUT2D eigenvalue weighted by atomic mass is 9.82. The fourth-order valence-corrected chi connectivity index (χ4v) is 3.52. The Labute approximate surface area is 125 Å². The summed E-state index contributed by atoms with van der Waals surface area (Å²) in [6, 6.07) is -0.553. The van der Waals surface area contributed by atoms with Crippen molar-refractivity contribution < 1.29 is 22.8 Å². The number of carbonyl (C=O) groups is 2. The van der Waals surface area contributed by atoms with Crippen LogP contribution in [0.25, 0.3) is 0 Å². The van der Waals surface area contributed by atoms with Crippen molar-refractivity contribution in [3.8, 4) is 0 Å². The van der Waals surface area contributed by atoms with Crippen molar-refractivity contribution >= 4 is 23.6 Å². The molecule has 2 amide bonds. The predicted octanol–water partition coefficient (Wildman–Crippen LogP) is 2.15. The molecule has 2 fully saturated rings. The number of rotatable bonds is 4. The van der Waals surface area contributed by atoms with E-state index in [1.54, 1.807) is 0 Å². The molecule has 4 nitrogen and oxygen atoms in total. The molecule has 0 aromatic carbocycles. The van der Waals surface area contributed by atoms with Gasteiger partial charge in [-0.15, -0.1) is 0 Å². The van der Waals surface area contributed by atoms with Crippen LogP contribution in [0, 0.1) is 5.92 Å². The van der Waals surface area contributed by atoms with Gasteiger partial charge in [0.1, 0.15) is 6.04 Å². The van der Waals surface area contributed by atoms with E-state index < -0.39 is 11.6 Å². The number of hydrogen-bond donors (Lipinski definition) is 1. The molecule has 0 aromatic heterocycles. The maximum absolute atomic E-state index is 12.3. The molecule has 2 aliphatic rings. The molecule has 0 bridgehead atoms. The molecule has 1 atom stereocenters. The molecule has 0 radical (unpaired) electrons. The normalized spacial score (nSPS) is 25.1. The zero-order valence-corrected chi connectivity index (χ0v) is 12.4. The van der Waals surface area contributed by atoms with Crippen molar-refractivity contribution in [3.05, 3.63) is 0 Å². The summed E-state index contributed by atoms with van der Waals surface area (Å²) in [7, 11) is 0. The summed E-state index contributed by atoms with van der Waals surface area (Å²) < 4.78 is 36.4. The first-order chi connectivity index (χ1) is 9.87. The zero-order valence-electron chi connectivity index (χ0n) is 11.6. The number of piperazine rings is 1. The topological polar surface area (TPSA) is 49.4 Å². The number of nitrogens with one attached hydrogen (secondary N) is 1. The number of amides is 2. The summed E-state index contributed by atoms with van der Waals surface area (Å²) >= 11 is -0.158. The molecular formula is C13H19F3N2O2S. The van der Waals surface area contributed by atoms with E-state index in [-0.39, 0.29) is 48.3 Å². The molecule has 1 heterocycles. The van der Waals surface area contributed by atoms with Crippen molar-refractivity contribution in [3.63, 3.8) is 0 Å². The number of carbonyl (C=O) groups excluding carboxylic acids is 2. The second-order valence-corrected chi connectivity index (χ2v) is 6.66. The molecule has 1 aliphatic carbocycles. The van der Waals surface area contributed by atoms with Crippen LogP contribution in [0.1, 0.15) is 32.1 Å². The van der Waals surface area contributed by atoms with E-state index in [0.29, 0.717) is 0 Å². The highest BCUT2D eigenvalue weighted by atomic mass is 32.2. The molecule has 21 heavy (non-hydrogen) atoms. The third-order valence-electron chi connectivity index (χ3n) is 3.98. The number of thioether (sulfide) groups is 1. The molecule has 1 unspecified atom stereocenters. The summed E-state index contributed by atoms with van der Waals surface area (Å²) in [4.78, 5) is 25.3. The standard InChI is InChI=1S/C13H19F3N2O2S/c14-13(15,16)21-7-6-18-8-10(19)17-11(12(18)20)9-4-2-1-3-5-9/h9,11H,1-8H2,(H,17,19). The van der Waals surface area contributed by atoms with Crippen LogP contribution in [0.4, 0.5) is 13.2 Å². The number of hydrogen-bond acceptors (Lipinski definition) is 3. The van der Waals surface area contributed by atoms with Gasteiger partial charge in [0.2, 0.25) is 11.8 Å². The molecule has 120 valence electrons. The number of alkyl halides is 3. The van der Waals surface area contributed by atoms with Gasteiger partial charge in [0.15, 0.2) is 0 Å². The molecule has 2 rings (SSSR count). The van der Waals surface area contributed by atoms with Gasteiger partial charge in [0.05, 0.1) is 6.54 Å². The fourth-order valence-electron chi connectivity index (χ4n) is 2.98. The van der Waals surface area contributed by atoms with E-state index in [4.69, 9.17) is 0 Å². The largest absolute Gasteiger partial charge is 0.441 e. The van der Waals surface area contributed by atoms with Crippen molar-refractivity contribution in [2.45, 2.75) is 43.7 Å². The Morgan fingerprint density at radius 2 is 1.86 bits per heavy atom. The third kappa shape index (κ3) is 4.79. The van der Waals surface area contributed by atoms with Gasteiger partial charge >= 0.3 is 5.51 Å². The minimum absolute atomic E-state index is 0.0420. The van der Waals surface area contributed by atoms with Crippen molar-refractivity contribution in [1.82, 2.24) is 10.2 Å². The number of nitrogens with zero attached hydrogens (tertiary/aromatic N) is 1. The SMILES string of the molecule is O=C1CN(CCSC(F)(F)F)C(=O)C(C2CCCCC2)N1. The minimum atomic E-state index is -4.30. The highest BCUT2D eigenvalue weighted by molar-refractivity contribution is 8.00. The van der Waals surface area contributed by atoms with Gasteiger partial charge in [-0.05, 0) is 30.5 Å². The Hall–Kier alpha value is -0.920. The second kappa shape index (κ2) is 6.89. The summed E-state index contributed by atoms with van der Waals surface area (Å²) in [5.41, 5.74) is -4.30. The van der Waals surface area contributed by atoms with E-state index >= 15 is 0 Å². The Morgan fingerprint density at radius 1 is 1.19 bits per heavy atom. The second-order valence-electron chi connectivity index (χ2n) is 5.50. The molecule has 0 aromatic rings. The van der Waals surface area contributed by atoms with Crippen LogP contribution in [-0.2, 0) is 9.59 Å². The third-order valence-corrected chi connectivity index (χ3v) is 4.69. The fraction of sp³-hybridized carbons (Fsp3) is 0.846. The van der Waals surface area contributed by atoms with E-state index in [1.807, 2.05) is 0 Å². The highest BCUT2D eigenvalue weighted by Gasteiger charge is 2.38. The Morgan fingerprint density at radius 3 is 2.48 bits per heavy atom. The van der Waals surface area contributed by atoms with Crippen LogP contribution in [0.2, 0.25) is 0 Å². The molecular weight excluding hydrogens is 305 g/mol. The maximum atomic E-state index is 12.3. The smallest absolute Gasteiger partial charge is 0.342 e. The lowest BCUT2D eigenvalue weighted by molar-refractivity contribution is -0.146. The number of halogens is 3. The maximum Gasteiger partial charge on any atom is 0.441 e. The van der Waals surface area contributed by atoms with E-state index in [2.05, 4.69) is 5.32 Å². The van der Waals surface area contributed by atoms with Gasteiger partial charge in [-0.1, -0.05) is 19.3 Å². The molecule has 8 heteroatoms. The average molecular weight is 324 g/mol. The first-order valence-electron chi connectivity index (χ1n) is 7.15. The van der Waals surface area contributed by atoms with Crippen LogP contribution >= 0.6 is 11.8 Å². The van der Waals surface area contributed by atoms with Gasteiger partial charge in [-0.2, -0.15) is 13.2 Å². The van der Waals surface area contributed by atoms with E-state index in [0.717, 1.165) is 32.1 Å². The lowest BCUT2D eigenvalue weighted by Crippen LogP contribution is -2.61. The minimum Gasteiger partial charge on any atom is -0.342 e. The Kier molecular flexibility index (Phi) is 5.40. The molecule has 0 spiro atoms. The van der Waals surface area contributed by atoms with Crippen LogP contribution in [0.15, 0.2) is 0 Å². The summed E-state index contributed by atoms with van der Waals surface area (Å²) in [6.07, 6.45) is 4.99. The van der Waals surface area contributed by atoms with Crippen LogP contribution < -0.4 is 5.32 Å². The first kappa shape index (κ1) is 16.5. The molecule has 1 saturated carbocycles. The summed E-state index contributed by atoms with van der Waals surface area (Å²) in [5.74, 6) is -0.625. The zero-order chi connectivity index (χ0) is 15.5. The van der Waals surface area contributed by atoms with Crippen LogP contribution in [-0.4, -0.2) is 47.1 Å². The van der Waals surface area contributed by atoms with E-state index in [9.17, 15) is 22.8 Å². The average Bonchev–Trinajstić information content (AvgIpc) is 2.42. The predicted molar refractivity (Wildman–Crippen MR) is 73.6 cm³/mol. The van der Waals surface area contributed by atoms with E-state index in [1.165, 1.54) is 4.90 Å². The first-order valence-corrected chi connectivity index (χ1v) is 8.14.